The summed E-state index contributed by atoms with van der Waals surface area (Å²) in [6.45, 7) is 6.72. The predicted octanol–water partition coefficient (Wildman–Crippen LogP) is 2.60. The molecular formula is C16H26N2O2. The van der Waals surface area contributed by atoms with E-state index in [9.17, 15) is 9.90 Å². The lowest BCUT2D eigenvalue weighted by Crippen LogP contribution is -2.45. The van der Waals surface area contributed by atoms with Crippen molar-refractivity contribution in [1.29, 1.82) is 0 Å². The van der Waals surface area contributed by atoms with E-state index >= 15 is 0 Å². The molecule has 1 rings (SSSR count). The highest BCUT2D eigenvalue weighted by Gasteiger charge is 2.22. The first-order chi connectivity index (χ1) is 9.54. The van der Waals surface area contributed by atoms with Crippen LogP contribution in [0, 0.1) is 0 Å². The minimum atomic E-state index is -0.807. The first-order valence-electron chi connectivity index (χ1n) is 7.35. The molecule has 0 aliphatic carbocycles. The van der Waals surface area contributed by atoms with Crippen molar-refractivity contribution >= 4 is 6.03 Å². The van der Waals surface area contributed by atoms with E-state index in [0.717, 1.165) is 12.0 Å². The summed E-state index contributed by atoms with van der Waals surface area (Å²) in [5.74, 6) is 0. The summed E-state index contributed by atoms with van der Waals surface area (Å²) >= 11 is 0. The number of hydrogen-bond acceptors (Lipinski definition) is 2. The molecule has 0 radical (unpaired) electrons. The Hall–Kier alpha value is -1.55. The topological polar surface area (TPSA) is 61.4 Å². The van der Waals surface area contributed by atoms with Crippen molar-refractivity contribution in [2.45, 2.75) is 52.2 Å². The lowest BCUT2D eigenvalue weighted by atomic mass is 9.98. The van der Waals surface area contributed by atoms with Crippen LogP contribution in [0.1, 0.15) is 44.7 Å². The zero-order valence-electron chi connectivity index (χ0n) is 12.7. The Kier molecular flexibility index (Phi) is 6.52. The lowest BCUT2D eigenvalue weighted by molar-refractivity contribution is 0.0349. The maximum Gasteiger partial charge on any atom is 0.315 e. The fraction of sp³-hybridized carbons (Fsp3) is 0.562. The van der Waals surface area contributed by atoms with Crippen molar-refractivity contribution in [3.63, 3.8) is 0 Å². The molecule has 0 aliphatic heterocycles. The van der Waals surface area contributed by atoms with Crippen LogP contribution in [0.25, 0.3) is 0 Å². The molecule has 0 saturated heterocycles. The van der Waals surface area contributed by atoms with Crippen LogP contribution in [0.3, 0.4) is 0 Å². The van der Waals surface area contributed by atoms with Crippen molar-refractivity contribution in [3.05, 3.63) is 35.4 Å². The van der Waals surface area contributed by atoms with Crippen molar-refractivity contribution < 1.29 is 9.90 Å². The molecule has 1 aromatic rings. The first-order valence-corrected chi connectivity index (χ1v) is 7.35. The van der Waals surface area contributed by atoms with Gasteiger partial charge in [-0.3, -0.25) is 0 Å². The lowest BCUT2D eigenvalue weighted by Gasteiger charge is -2.25. The number of aryl methyl sites for hydroxylation is 1. The SMILES string of the molecule is CCc1ccccc1CNC(=O)NCC(O)(CC)CC. The Balaban J connectivity index is 2.44. The van der Waals surface area contributed by atoms with Crippen molar-refractivity contribution in [1.82, 2.24) is 10.6 Å². The number of benzene rings is 1. The molecule has 0 atom stereocenters. The van der Waals surface area contributed by atoms with Gasteiger partial charge in [-0.25, -0.2) is 4.79 Å². The largest absolute Gasteiger partial charge is 0.388 e. The number of urea groups is 1. The molecule has 112 valence electrons. The van der Waals surface area contributed by atoms with Gasteiger partial charge >= 0.3 is 6.03 Å². The number of amides is 2. The molecule has 0 heterocycles. The van der Waals surface area contributed by atoms with E-state index in [1.165, 1.54) is 5.56 Å². The Morgan fingerprint density at radius 3 is 2.25 bits per heavy atom. The Morgan fingerprint density at radius 1 is 1.10 bits per heavy atom. The minimum Gasteiger partial charge on any atom is -0.388 e. The molecule has 0 aromatic heterocycles. The van der Waals surface area contributed by atoms with E-state index in [4.69, 9.17) is 0 Å². The quantitative estimate of drug-likeness (QED) is 0.718. The number of carbonyl (C=O) groups is 1. The summed E-state index contributed by atoms with van der Waals surface area (Å²) in [4.78, 5) is 11.8. The van der Waals surface area contributed by atoms with Gasteiger partial charge in [0.05, 0.1) is 5.60 Å². The van der Waals surface area contributed by atoms with Gasteiger partial charge in [0.1, 0.15) is 0 Å². The highest BCUT2D eigenvalue weighted by atomic mass is 16.3. The molecule has 20 heavy (non-hydrogen) atoms. The molecule has 2 amide bonds. The third-order valence-electron chi connectivity index (χ3n) is 3.83. The van der Waals surface area contributed by atoms with Gasteiger partial charge in [-0.2, -0.15) is 0 Å². The third kappa shape index (κ3) is 4.85. The summed E-state index contributed by atoms with van der Waals surface area (Å²) in [5, 5.41) is 15.7. The molecule has 0 bridgehead atoms. The van der Waals surface area contributed by atoms with Crippen LogP contribution in [-0.2, 0) is 13.0 Å². The van der Waals surface area contributed by atoms with E-state index in [1.807, 2.05) is 32.0 Å². The zero-order valence-corrected chi connectivity index (χ0v) is 12.7. The van der Waals surface area contributed by atoms with Gasteiger partial charge in [0.25, 0.3) is 0 Å². The van der Waals surface area contributed by atoms with Gasteiger partial charge in [-0.05, 0) is 30.4 Å². The van der Waals surface area contributed by atoms with Crippen LogP contribution in [0.5, 0.6) is 0 Å². The van der Waals surface area contributed by atoms with Crippen LogP contribution >= 0.6 is 0 Å². The van der Waals surface area contributed by atoms with Crippen LogP contribution in [0.2, 0.25) is 0 Å². The fourth-order valence-corrected chi connectivity index (χ4v) is 2.06. The van der Waals surface area contributed by atoms with Crippen LogP contribution in [-0.4, -0.2) is 23.3 Å². The van der Waals surface area contributed by atoms with Crippen LogP contribution in [0.15, 0.2) is 24.3 Å². The van der Waals surface area contributed by atoms with Crippen molar-refractivity contribution in [2.24, 2.45) is 0 Å². The maximum atomic E-state index is 11.8. The average molecular weight is 278 g/mol. The summed E-state index contributed by atoms with van der Waals surface area (Å²) in [5.41, 5.74) is 1.57. The van der Waals surface area contributed by atoms with Gasteiger partial charge in [-0.15, -0.1) is 0 Å². The van der Waals surface area contributed by atoms with Crippen LogP contribution < -0.4 is 10.6 Å². The van der Waals surface area contributed by atoms with E-state index in [0.29, 0.717) is 19.4 Å². The molecule has 0 fully saturated rings. The number of hydrogen-bond donors (Lipinski definition) is 3. The second-order valence-electron chi connectivity index (χ2n) is 5.09. The number of carbonyl (C=O) groups excluding carboxylic acids is 1. The predicted molar refractivity (Wildman–Crippen MR) is 81.6 cm³/mol. The number of rotatable bonds is 7. The molecule has 0 saturated carbocycles. The minimum absolute atomic E-state index is 0.240. The van der Waals surface area contributed by atoms with Gasteiger partial charge in [-0.1, -0.05) is 45.0 Å². The normalized spacial score (nSPS) is 11.2. The smallest absolute Gasteiger partial charge is 0.315 e. The Labute approximate surface area is 121 Å². The van der Waals surface area contributed by atoms with Crippen molar-refractivity contribution in [2.75, 3.05) is 6.54 Å². The second-order valence-corrected chi connectivity index (χ2v) is 5.09. The molecule has 0 spiro atoms. The summed E-state index contributed by atoms with van der Waals surface area (Å²) in [6.07, 6.45) is 2.20. The highest BCUT2D eigenvalue weighted by molar-refractivity contribution is 5.73. The van der Waals surface area contributed by atoms with Gasteiger partial charge in [0, 0.05) is 13.1 Å². The van der Waals surface area contributed by atoms with Gasteiger partial charge in [0.15, 0.2) is 0 Å². The molecule has 4 nitrogen and oxygen atoms in total. The monoisotopic (exact) mass is 278 g/mol. The van der Waals surface area contributed by atoms with Gasteiger partial charge in [0.2, 0.25) is 0 Å². The second kappa shape index (κ2) is 7.90. The van der Waals surface area contributed by atoms with E-state index in [2.05, 4.69) is 23.6 Å². The van der Waals surface area contributed by atoms with Crippen molar-refractivity contribution in [3.8, 4) is 0 Å². The molecule has 1 aromatic carbocycles. The third-order valence-corrected chi connectivity index (χ3v) is 3.83. The summed E-state index contributed by atoms with van der Waals surface area (Å²) in [7, 11) is 0. The highest BCUT2D eigenvalue weighted by Crippen LogP contribution is 2.12. The molecular weight excluding hydrogens is 252 g/mol. The Morgan fingerprint density at radius 2 is 1.70 bits per heavy atom. The standard InChI is InChI=1S/C16H26N2O2/c1-4-13-9-7-8-10-14(13)11-17-15(19)18-12-16(20,5-2)6-3/h7-10,20H,4-6,11-12H2,1-3H3,(H2,17,18,19). The Bertz CT molecular complexity index is 428. The van der Waals surface area contributed by atoms with Crippen LogP contribution in [0.4, 0.5) is 4.79 Å². The number of nitrogens with one attached hydrogen (secondary N) is 2. The number of aliphatic hydroxyl groups is 1. The van der Waals surface area contributed by atoms with E-state index in [-0.39, 0.29) is 12.6 Å². The van der Waals surface area contributed by atoms with E-state index in [1.54, 1.807) is 0 Å². The molecule has 0 unspecified atom stereocenters. The van der Waals surface area contributed by atoms with E-state index < -0.39 is 5.60 Å². The van der Waals surface area contributed by atoms with Gasteiger partial charge < -0.3 is 15.7 Å². The zero-order chi connectivity index (χ0) is 15.0. The molecule has 3 N–H and O–H groups in total. The average Bonchev–Trinajstić information content (AvgIpc) is 2.50. The maximum absolute atomic E-state index is 11.8. The molecule has 4 heteroatoms. The summed E-state index contributed by atoms with van der Waals surface area (Å²) < 4.78 is 0. The fourth-order valence-electron chi connectivity index (χ4n) is 2.06. The molecule has 0 aliphatic rings. The first kappa shape index (κ1) is 16.5. The summed E-state index contributed by atoms with van der Waals surface area (Å²) in [6, 6.07) is 7.83.